The van der Waals surface area contributed by atoms with E-state index in [1.807, 2.05) is 19.1 Å². The summed E-state index contributed by atoms with van der Waals surface area (Å²) in [7, 11) is -3.37. The number of carbonyl (C=O) groups is 1. The van der Waals surface area contributed by atoms with Crippen LogP contribution in [0.25, 0.3) is 0 Å². The molecule has 1 atom stereocenters. The van der Waals surface area contributed by atoms with Crippen molar-refractivity contribution in [3.63, 3.8) is 0 Å². The zero-order valence-electron chi connectivity index (χ0n) is 16.8. The fraction of sp³-hybridized carbons (Fsp3) is 0.700. The van der Waals surface area contributed by atoms with Crippen molar-refractivity contribution in [2.45, 2.75) is 64.5 Å². The Bertz CT molecular complexity index is 745. The third kappa shape index (κ3) is 5.23. The molecule has 3 rings (SSSR count). The molecule has 0 bridgehead atoms. The summed E-state index contributed by atoms with van der Waals surface area (Å²) >= 11 is 0. The third-order valence-corrected chi connectivity index (χ3v) is 7.61. The van der Waals surface area contributed by atoms with Gasteiger partial charge >= 0.3 is 0 Å². The minimum absolute atomic E-state index is 0.0959. The summed E-state index contributed by atoms with van der Waals surface area (Å²) in [6.45, 7) is 4.74. The van der Waals surface area contributed by atoms with Crippen LogP contribution in [0, 0.1) is 0 Å². The molecule has 1 aromatic rings. The molecule has 0 aromatic carbocycles. The van der Waals surface area contributed by atoms with E-state index in [1.54, 1.807) is 6.20 Å². The van der Waals surface area contributed by atoms with Crippen molar-refractivity contribution in [2.75, 3.05) is 30.3 Å². The summed E-state index contributed by atoms with van der Waals surface area (Å²) in [5.41, 5.74) is 0.924. The number of anilines is 1. The average Bonchev–Trinajstić information content (AvgIpc) is 2.73. The van der Waals surface area contributed by atoms with E-state index in [9.17, 15) is 13.2 Å². The smallest absolute Gasteiger partial charge is 0.238 e. The Morgan fingerprint density at radius 2 is 1.89 bits per heavy atom. The first-order valence-corrected chi connectivity index (χ1v) is 12.1. The maximum atomic E-state index is 12.7. The second-order valence-corrected chi connectivity index (χ2v) is 9.77. The summed E-state index contributed by atoms with van der Waals surface area (Å²) < 4.78 is 26.4. The van der Waals surface area contributed by atoms with E-state index in [-0.39, 0.29) is 11.7 Å². The highest BCUT2D eigenvalue weighted by molar-refractivity contribution is 7.89. The first-order chi connectivity index (χ1) is 13.5. The molecule has 2 aliphatic heterocycles. The minimum atomic E-state index is -3.37. The monoisotopic (exact) mass is 408 g/mol. The molecule has 3 heterocycles. The van der Waals surface area contributed by atoms with Crippen LogP contribution in [0.2, 0.25) is 0 Å². The average molecular weight is 409 g/mol. The Morgan fingerprint density at radius 3 is 2.57 bits per heavy atom. The first-order valence-electron chi connectivity index (χ1n) is 10.5. The van der Waals surface area contributed by atoms with Crippen LogP contribution in [0.5, 0.6) is 0 Å². The third-order valence-electron chi connectivity index (χ3n) is 5.53. The number of hydrogen-bond donors (Lipinski definition) is 1. The van der Waals surface area contributed by atoms with Crippen molar-refractivity contribution in [1.29, 1.82) is 0 Å². The molecule has 1 N–H and O–H groups in total. The number of nitrogens with zero attached hydrogens (tertiary/aromatic N) is 3. The molecule has 0 saturated carbocycles. The predicted molar refractivity (Wildman–Crippen MR) is 111 cm³/mol. The molecular weight excluding hydrogens is 376 g/mol. The molecule has 28 heavy (non-hydrogen) atoms. The number of carbonyl (C=O) groups excluding carboxylic acids is 1. The number of sulfonamides is 1. The number of piperidine rings is 2. The van der Waals surface area contributed by atoms with E-state index in [2.05, 4.69) is 15.2 Å². The topological polar surface area (TPSA) is 82.6 Å². The Balaban J connectivity index is 1.57. The Hall–Kier alpha value is -1.67. The molecule has 2 saturated heterocycles. The standard InChI is InChI=1S/C20H32N4O3S/c1-2-14-28(26,27)24-13-7-4-8-18(24)20(25)22-16-17-9-10-19(21-15-17)23-11-5-3-6-12-23/h9-10,15,18H,2-8,11-14,16H2,1H3,(H,22,25). The van der Waals surface area contributed by atoms with Crippen molar-refractivity contribution < 1.29 is 13.2 Å². The van der Waals surface area contributed by atoms with E-state index < -0.39 is 16.1 Å². The summed E-state index contributed by atoms with van der Waals surface area (Å²) in [6, 6.07) is 3.40. The number of rotatable bonds is 7. The summed E-state index contributed by atoms with van der Waals surface area (Å²) in [6.07, 6.45) is 8.33. The van der Waals surface area contributed by atoms with Crippen molar-refractivity contribution in [3.05, 3.63) is 23.9 Å². The van der Waals surface area contributed by atoms with E-state index in [1.165, 1.54) is 23.6 Å². The Morgan fingerprint density at radius 1 is 1.14 bits per heavy atom. The van der Waals surface area contributed by atoms with Crippen LogP contribution in [0.4, 0.5) is 5.82 Å². The van der Waals surface area contributed by atoms with Gasteiger partial charge in [0.05, 0.1) is 5.75 Å². The zero-order chi connectivity index (χ0) is 20.0. The van der Waals surface area contributed by atoms with Gasteiger partial charge < -0.3 is 10.2 Å². The van der Waals surface area contributed by atoms with Crippen molar-refractivity contribution in [3.8, 4) is 0 Å². The van der Waals surface area contributed by atoms with E-state index in [0.29, 0.717) is 25.9 Å². The van der Waals surface area contributed by atoms with Gasteiger partial charge in [0.1, 0.15) is 11.9 Å². The van der Waals surface area contributed by atoms with Crippen LogP contribution in [-0.2, 0) is 21.4 Å². The van der Waals surface area contributed by atoms with Gasteiger partial charge in [0.15, 0.2) is 0 Å². The van der Waals surface area contributed by atoms with Crippen molar-refractivity contribution in [2.24, 2.45) is 0 Å². The minimum Gasteiger partial charge on any atom is -0.357 e. The van der Waals surface area contributed by atoms with Gasteiger partial charge in [0.2, 0.25) is 15.9 Å². The molecule has 156 valence electrons. The number of nitrogens with one attached hydrogen (secondary N) is 1. The molecule has 1 unspecified atom stereocenters. The molecular formula is C20H32N4O3S. The highest BCUT2D eigenvalue weighted by Crippen LogP contribution is 2.22. The van der Waals surface area contributed by atoms with Gasteiger partial charge in [-0.25, -0.2) is 13.4 Å². The normalized spacial score (nSPS) is 21.5. The summed E-state index contributed by atoms with van der Waals surface area (Å²) in [5.74, 6) is 0.872. The van der Waals surface area contributed by atoms with Gasteiger partial charge in [-0.3, -0.25) is 4.79 Å². The van der Waals surface area contributed by atoms with Gasteiger partial charge in [-0.15, -0.1) is 0 Å². The molecule has 0 spiro atoms. The number of pyridine rings is 1. The first kappa shape index (κ1) is 21.0. The second kappa shape index (κ2) is 9.69. The fourth-order valence-electron chi connectivity index (χ4n) is 4.01. The lowest BCUT2D eigenvalue weighted by molar-refractivity contribution is -0.125. The lowest BCUT2D eigenvalue weighted by atomic mass is 10.0. The van der Waals surface area contributed by atoms with Crippen LogP contribution in [0.3, 0.4) is 0 Å². The number of aromatic nitrogens is 1. The lowest BCUT2D eigenvalue weighted by Crippen LogP contribution is -2.52. The summed E-state index contributed by atoms with van der Waals surface area (Å²) in [4.78, 5) is 19.5. The predicted octanol–water partition coefficient (Wildman–Crippen LogP) is 2.28. The molecule has 1 aromatic heterocycles. The van der Waals surface area contributed by atoms with Gasteiger partial charge in [0.25, 0.3) is 0 Å². The van der Waals surface area contributed by atoms with E-state index >= 15 is 0 Å². The van der Waals surface area contributed by atoms with Crippen LogP contribution in [-0.4, -0.2) is 55.0 Å². The van der Waals surface area contributed by atoms with E-state index in [0.717, 1.165) is 37.3 Å². The molecule has 2 fully saturated rings. The van der Waals surface area contributed by atoms with Crippen molar-refractivity contribution >= 4 is 21.7 Å². The maximum Gasteiger partial charge on any atom is 0.238 e. The number of amides is 1. The zero-order valence-corrected chi connectivity index (χ0v) is 17.6. The maximum absolute atomic E-state index is 12.7. The lowest BCUT2D eigenvalue weighted by Gasteiger charge is -2.33. The van der Waals surface area contributed by atoms with Gasteiger partial charge in [0, 0.05) is 32.4 Å². The Kier molecular flexibility index (Phi) is 7.29. The Labute approximate surface area is 168 Å². The number of hydrogen-bond acceptors (Lipinski definition) is 5. The van der Waals surface area contributed by atoms with Crippen LogP contribution in [0.15, 0.2) is 18.3 Å². The fourth-order valence-corrected chi connectivity index (χ4v) is 5.76. The highest BCUT2D eigenvalue weighted by atomic mass is 32.2. The SMILES string of the molecule is CCCS(=O)(=O)N1CCCCC1C(=O)NCc1ccc(N2CCCCC2)nc1. The molecule has 1 amide bonds. The van der Waals surface area contributed by atoms with Crippen LogP contribution >= 0.6 is 0 Å². The second-order valence-electron chi connectivity index (χ2n) is 7.73. The molecule has 8 heteroatoms. The van der Waals surface area contributed by atoms with Gasteiger partial charge in [-0.05, 0) is 50.2 Å². The van der Waals surface area contributed by atoms with Gasteiger partial charge in [-0.2, -0.15) is 4.31 Å². The molecule has 2 aliphatic rings. The van der Waals surface area contributed by atoms with Crippen molar-refractivity contribution in [1.82, 2.24) is 14.6 Å². The quantitative estimate of drug-likeness (QED) is 0.748. The van der Waals surface area contributed by atoms with Crippen LogP contribution < -0.4 is 10.2 Å². The van der Waals surface area contributed by atoms with Crippen LogP contribution in [0.1, 0.15) is 57.4 Å². The molecule has 0 radical (unpaired) electrons. The van der Waals surface area contributed by atoms with Gasteiger partial charge in [-0.1, -0.05) is 19.4 Å². The highest BCUT2D eigenvalue weighted by Gasteiger charge is 2.35. The van der Waals surface area contributed by atoms with E-state index in [4.69, 9.17) is 0 Å². The summed E-state index contributed by atoms with van der Waals surface area (Å²) in [5, 5.41) is 2.91. The molecule has 7 nitrogen and oxygen atoms in total. The molecule has 0 aliphatic carbocycles. The largest absolute Gasteiger partial charge is 0.357 e.